The lowest BCUT2D eigenvalue weighted by Crippen LogP contribution is -2.37. The second-order valence-corrected chi connectivity index (χ2v) is 15.2. The first-order chi connectivity index (χ1) is 25.4. The van der Waals surface area contributed by atoms with Crippen molar-refractivity contribution in [3.05, 3.63) is 24.3 Å². The molecular formula is C44H82N2O5S. The first kappa shape index (κ1) is 50.1. The third-order valence-electron chi connectivity index (χ3n) is 9.25. The van der Waals surface area contributed by atoms with Gasteiger partial charge >= 0.3 is 11.9 Å². The van der Waals surface area contributed by atoms with Gasteiger partial charge in [0.2, 0.25) is 0 Å². The molecule has 0 spiro atoms. The van der Waals surface area contributed by atoms with Crippen LogP contribution in [0, 0.1) is 0 Å². The molecule has 0 saturated heterocycles. The van der Waals surface area contributed by atoms with Crippen molar-refractivity contribution in [2.45, 2.75) is 200 Å². The fourth-order valence-corrected chi connectivity index (χ4v) is 6.13. The number of nitrogens with one attached hydrogen (secondary N) is 1. The summed E-state index contributed by atoms with van der Waals surface area (Å²) in [6.45, 7) is 5.95. The number of thiocarbonyl (C=S) groups is 1. The van der Waals surface area contributed by atoms with E-state index in [1.54, 1.807) is 0 Å². The predicted molar refractivity (Wildman–Crippen MR) is 225 cm³/mol. The van der Waals surface area contributed by atoms with E-state index in [4.69, 9.17) is 26.4 Å². The molecule has 0 aromatic rings. The predicted octanol–water partition coefficient (Wildman–Crippen LogP) is 12.0. The summed E-state index contributed by atoms with van der Waals surface area (Å²) in [5, 5.41) is 3.28. The molecule has 0 fully saturated rings. The highest BCUT2D eigenvalue weighted by Gasteiger charge is 2.18. The van der Waals surface area contributed by atoms with E-state index >= 15 is 0 Å². The first-order valence-corrected chi connectivity index (χ1v) is 22.0. The van der Waals surface area contributed by atoms with Crippen LogP contribution in [0.5, 0.6) is 0 Å². The maximum Gasteiger partial charge on any atom is 0.305 e. The Morgan fingerprint density at radius 3 is 1.27 bits per heavy atom. The second-order valence-electron chi connectivity index (χ2n) is 14.8. The van der Waals surface area contributed by atoms with Gasteiger partial charge in [-0.25, -0.2) is 0 Å². The van der Waals surface area contributed by atoms with Gasteiger partial charge in [-0.15, -0.1) is 0 Å². The third-order valence-corrected chi connectivity index (χ3v) is 9.49. The normalized spacial score (nSPS) is 12.2. The van der Waals surface area contributed by atoms with Crippen LogP contribution in [0.15, 0.2) is 24.3 Å². The molecule has 0 aliphatic rings. The van der Waals surface area contributed by atoms with Crippen LogP contribution in [0.2, 0.25) is 0 Å². The lowest BCUT2D eigenvalue weighted by atomic mass is 10.1. The number of hydrogen-bond donors (Lipinski definition) is 1. The summed E-state index contributed by atoms with van der Waals surface area (Å²) in [6, 6.07) is 0. The molecule has 8 heteroatoms. The van der Waals surface area contributed by atoms with Crippen molar-refractivity contribution in [1.82, 2.24) is 10.2 Å². The molecular weight excluding hydrogens is 669 g/mol. The molecule has 0 aromatic carbocycles. The van der Waals surface area contributed by atoms with Crippen LogP contribution in [-0.2, 0) is 23.8 Å². The van der Waals surface area contributed by atoms with Crippen molar-refractivity contribution < 1.29 is 23.8 Å². The van der Waals surface area contributed by atoms with Crippen molar-refractivity contribution in [3.8, 4) is 0 Å². The van der Waals surface area contributed by atoms with Crippen LogP contribution in [0.3, 0.4) is 0 Å². The molecule has 52 heavy (non-hydrogen) atoms. The zero-order valence-corrected chi connectivity index (χ0v) is 35.2. The standard InChI is InChI=1S/C44H82N2O5S/c1-5-7-9-11-13-15-17-19-21-23-25-27-29-31-33-35-42(47)49-39-41(51-44(52)45-37-38-46(3)4)40-50-43(48)36-34-32-30-28-26-24-22-20-18-16-14-12-10-8-6-2/h19-22,41H,5-18,23-40H2,1-4H3,(H,45,52). The molecule has 0 aliphatic carbocycles. The number of carbonyl (C=O) groups is 2. The summed E-state index contributed by atoms with van der Waals surface area (Å²) < 4.78 is 16.9. The number of rotatable bonds is 38. The summed E-state index contributed by atoms with van der Waals surface area (Å²) in [5.41, 5.74) is 0. The van der Waals surface area contributed by atoms with Crippen LogP contribution in [0.1, 0.15) is 194 Å². The quantitative estimate of drug-likeness (QED) is 0.0289. The van der Waals surface area contributed by atoms with E-state index in [0.717, 1.165) is 57.9 Å². The fraction of sp³-hybridized carbons (Fsp3) is 0.841. The van der Waals surface area contributed by atoms with Gasteiger partial charge in [0, 0.05) is 25.9 Å². The number of hydrogen-bond acceptors (Lipinski definition) is 7. The summed E-state index contributed by atoms with van der Waals surface area (Å²) >= 11 is 5.35. The number of ether oxygens (including phenoxy) is 3. The summed E-state index contributed by atoms with van der Waals surface area (Å²) in [5.74, 6) is -0.505. The van der Waals surface area contributed by atoms with Crippen LogP contribution in [0.25, 0.3) is 0 Å². The third kappa shape index (κ3) is 39.3. The molecule has 0 atom stereocenters. The Morgan fingerprint density at radius 1 is 0.558 bits per heavy atom. The highest BCUT2D eigenvalue weighted by molar-refractivity contribution is 7.80. The Balaban J connectivity index is 4.15. The number of carbonyl (C=O) groups excluding carboxylic acids is 2. The molecule has 0 rings (SSSR count). The molecule has 7 nitrogen and oxygen atoms in total. The van der Waals surface area contributed by atoms with Gasteiger partial charge in [-0.05, 0) is 90.5 Å². The molecule has 0 radical (unpaired) electrons. The SMILES string of the molecule is CCCCCCCCC=CCCCCCCCC(=O)OCC(COC(=O)CCCCCCCC=CCCCCCCCC)OC(=S)NCCN(C)C. The molecule has 0 aromatic heterocycles. The maximum atomic E-state index is 12.5. The fourth-order valence-electron chi connectivity index (χ4n) is 5.89. The number of nitrogens with zero attached hydrogens (tertiary/aromatic N) is 1. The zero-order chi connectivity index (χ0) is 38.2. The largest absolute Gasteiger partial charge is 0.462 e. The van der Waals surface area contributed by atoms with Crippen molar-refractivity contribution in [2.75, 3.05) is 40.4 Å². The van der Waals surface area contributed by atoms with Crippen molar-refractivity contribution in [1.29, 1.82) is 0 Å². The molecule has 0 bridgehead atoms. The van der Waals surface area contributed by atoms with Crippen molar-refractivity contribution in [2.24, 2.45) is 0 Å². The number of likely N-dealkylation sites (N-methyl/N-ethyl adjacent to an activating group) is 1. The average molecular weight is 751 g/mol. The van der Waals surface area contributed by atoms with Gasteiger partial charge in [0.05, 0.1) is 0 Å². The highest BCUT2D eigenvalue weighted by Crippen LogP contribution is 2.12. The van der Waals surface area contributed by atoms with Gasteiger partial charge < -0.3 is 24.4 Å². The molecule has 304 valence electrons. The van der Waals surface area contributed by atoms with E-state index in [1.807, 2.05) is 19.0 Å². The molecule has 0 amide bonds. The lowest BCUT2D eigenvalue weighted by Gasteiger charge is -2.20. The molecule has 0 unspecified atom stereocenters. The number of allylic oxidation sites excluding steroid dienone is 4. The Morgan fingerprint density at radius 2 is 0.904 bits per heavy atom. The first-order valence-electron chi connectivity index (χ1n) is 21.6. The second kappa shape index (κ2) is 40.3. The Labute approximate surface area is 326 Å². The van der Waals surface area contributed by atoms with E-state index in [-0.39, 0.29) is 30.3 Å². The monoisotopic (exact) mass is 751 g/mol. The van der Waals surface area contributed by atoms with Crippen LogP contribution in [0.4, 0.5) is 0 Å². The summed E-state index contributed by atoms with van der Waals surface area (Å²) in [4.78, 5) is 27.0. The Kier molecular flexibility index (Phi) is 38.8. The van der Waals surface area contributed by atoms with Crippen LogP contribution >= 0.6 is 12.2 Å². The summed E-state index contributed by atoms with van der Waals surface area (Å²) in [7, 11) is 3.97. The van der Waals surface area contributed by atoms with E-state index < -0.39 is 6.10 Å². The smallest absolute Gasteiger partial charge is 0.305 e. The van der Waals surface area contributed by atoms with Gasteiger partial charge in [0.15, 0.2) is 6.10 Å². The number of unbranched alkanes of at least 4 members (excludes halogenated alkanes) is 22. The van der Waals surface area contributed by atoms with E-state index in [2.05, 4.69) is 43.5 Å². The van der Waals surface area contributed by atoms with Gasteiger partial charge in [-0.2, -0.15) is 0 Å². The lowest BCUT2D eigenvalue weighted by molar-refractivity contribution is -0.151. The molecule has 1 N–H and O–H groups in total. The highest BCUT2D eigenvalue weighted by atomic mass is 32.1. The Bertz CT molecular complexity index is 823. The van der Waals surface area contributed by atoms with Crippen molar-refractivity contribution >= 4 is 29.3 Å². The summed E-state index contributed by atoms with van der Waals surface area (Å²) in [6.07, 6.45) is 41.1. The van der Waals surface area contributed by atoms with Gasteiger partial charge in [-0.3, -0.25) is 9.59 Å². The minimum absolute atomic E-state index is 0.0000929. The molecule has 0 heterocycles. The van der Waals surface area contributed by atoms with E-state index in [1.165, 1.54) is 116 Å². The minimum Gasteiger partial charge on any atom is -0.462 e. The molecule has 0 saturated carbocycles. The van der Waals surface area contributed by atoms with Crippen molar-refractivity contribution in [3.63, 3.8) is 0 Å². The average Bonchev–Trinajstić information content (AvgIpc) is 3.12. The minimum atomic E-state index is -0.643. The zero-order valence-electron chi connectivity index (χ0n) is 34.4. The van der Waals surface area contributed by atoms with Gasteiger partial charge in [0.25, 0.3) is 5.17 Å². The molecule has 0 aliphatic heterocycles. The van der Waals surface area contributed by atoms with Crippen LogP contribution in [-0.4, -0.2) is 68.5 Å². The van der Waals surface area contributed by atoms with Gasteiger partial charge in [-0.1, -0.05) is 141 Å². The van der Waals surface area contributed by atoms with Gasteiger partial charge in [0.1, 0.15) is 13.2 Å². The number of esters is 2. The van der Waals surface area contributed by atoms with E-state index in [0.29, 0.717) is 19.4 Å². The topological polar surface area (TPSA) is 77.1 Å². The van der Waals surface area contributed by atoms with Crippen LogP contribution < -0.4 is 5.32 Å². The maximum absolute atomic E-state index is 12.5. The van der Waals surface area contributed by atoms with E-state index in [9.17, 15) is 9.59 Å². The Hall–Kier alpha value is -1.93.